The Bertz CT molecular complexity index is 629. The molecule has 0 amide bonds. The van der Waals surface area contributed by atoms with Gasteiger partial charge in [0.1, 0.15) is 5.75 Å². The van der Waals surface area contributed by atoms with E-state index in [0.29, 0.717) is 6.61 Å². The van der Waals surface area contributed by atoms with Crippen LogP contribution in [0.4, 0.5) is 0 Å². The number of rotatable bonds is 3. The molecule has 0 saturated carbocycles. The fourth-order valence-electron chi connectivity index (χ4n) is 2.49. The van der Waals surface area contributed by atoms with Crippen LogP contribution in [0.15, 0.2) is 42.5 Å². The van der Waals surface area contributed by atoms with Crippen LogP contribution in [0.2, 0.25) is 0 Å². The molecular weight excluding hydrogens is 236 g/mol. The van der Waals surface area contributed by atoms with Crippen molar-refractivity contribution in [3.63, 3.8) is 0 Å². The highest BCUT2D eigenvalue weighted by molar-refractivity contribution is 6.12. The monoisotopic (exact) mass is 252 g/mol. The third kappa shape index (κ3) is 2.14. The van der Waals surface area contributed by atoms with E-state index in [4.69, 9.17) is 4.74 Å². The summed E-state index contributed by atoms with van der Waals surface area (Å²) in [6.45, 7) is 2.79. The second-order valence-electron chi connectivity index (χ2n) is 4.83. The Hall–Kier alpha value is -2.09. The van der Waals surface area contributed by atoms with Gasteiger partial charge in [0.25, 0.3) is 0 Å². The van der Waals surface area contributed by atoms with Gasteiger partial charge in [-0.3, -0.25) is 4.79 Å². The van der Waals surface area contributed by atoms with Gasteiger partial charge in [0.05, 0.1) is 6.61 Å². The maximum Gasteiger partial charge on any atom is 0.193 e. The molecule has 0 aliphatic heterocycles. The lowest BCUT2D eigenvalue weighted by atomic mass is 9.85. The molecule has 0 unspecified atom stereocenters. The van der Waals surface area contributed by atoms with Crippen LogP contribution in [-0.2, 0) is 6.42 Å². The molecule has 0 heterocycles. The van der Waals surface area contributed by atoms with Crippen LogP contribution in [0.1, 0.15) is 40.4 Å². The number of benzene rings is 2. The van der Waals surface area contributed by atoms with E-state index in [9.17, 15) is 4.79 Å². The predicted octanol–water partition coefficient (Wildman–Crippen LogP) is 3.61. The van der Waals surface area contributed by atoms with Gasteiger partial charge >= 0.3 is 0 Å². The first-order chi connectivity index (χ1) is 9.29. The summed E-state index contributed by atoms with van der Waals surface area (Å²) in [5, 5.41) is 0. The lowest BCUT2D eigenvalue weighted by Gasteiger charge is -2.19. The third-order valence-electron chi connectivity index (χ3n) is 3.44. The first-order valence-electron chi connectivity index (χ1n) is 6.68. The van der Waals surface area contributed by atoms with E-state index in [1.54, 1.807) is 0 Å². The lowest BCUT2D eigenvalue weighted by molar-refractivity contribution is 0.103. The summed E-state index contributed by atoms with van der Waals surface area (Å²) < 4.78 is 5.63. The van der Waals surface area contributed by atoms with E-state index in [0.717, 1.165) is 40.8 Å². The standard InChI is InChI=1S/C17H16O2/c1-2-9-19-14-7-8-16-13(11-14)10-12-5-3-4-6-15(12)17(16)18/h3-8,11H,2,9-10H2,1H3. The number of carbonyl (C=O) groups excluding carboxylic acids is 1. The van der Waals surface area contributed by atoms with E-state index in [1.807, 2.05) is 42.5 Å². The summed E-state index contributed by atoms with van der Waals surface area (Å²) in [5.74, 6) is 0.978. The molecule has 96 valence electrons. The van der Waals surface area contributed by atoms with Crippen LogP contribution in [-0.4, -0.2) is 12.4 Å². The fraction of sp³-hybridized carbons (Fsp3) is 0.235. The molecule has 0 saturated heterocycles. The second kappa shape index (κ2) is 4.88. The molecule has 0 atom stereocenters. The molecular formula is C17H16O2. The topological polar surface area (TPSA) is 26.3 Å². The maximum absolute atomic E-state index is 12.4. The zero-order valence-electron chi connectivity index (χ0n) is 11.0. The first kappa shape index (κ1) is 12.0. The van der Waals surface area contributed by atoms with Crippen LogP contribution >= 0.6 is 0 Å². The van der Waals surface area contributed by atoms with Crippen molar-refractivity contribution in [3.8, 4) is 5.75 Å². The number of carbonyl (C=O) groups is 1. The molecule has 0 radical (unpaired) electrons. The van der Waals surface area contributed by atoms with Crippen molar-refractivity contribution in [3.05, 3.63) is 64.7 Å². The molecule has 0 spiro atoms. The van der Waals surface area contributed by atoms with Crippen molar-refractivity contribution in [2.75, 3.05) is 6.61 Å². The van der Waals surface area contributed by atoms with Crippen molar-refractivity contribution in [2.45, 2.75) is 19.8 Å². The van der Waals surface area contributed by atoms with Gasteiger partial charge < -0.3 is 4.74 Å². The number of hydrogen-bond acceptors (Lipinski definition) is 2. The smallest absolute Gasteiger partial charge is 0.193 e. The summed E-state index contributed by atoms with van der Waals surface area (Å²) in [6.07, 6.45) is 1.79. The van der Waals surface area contributed by atoms with Crippen molar-refractivity contribution >= 4 is 5.78 Å². The van der Waals surface area contributed by atoms with Gasteiger partial charge in [-0.2, -0.15) is 0 Å². The van der Waals surface area contributed by atoms with Crippen molar-refractivity contribution in [1.82, 2.24) is 0 Å². The molecule has 3 rings (SSSR count). The molecule has 2 aromatic carbocycles. The van der Waals surface area contributed by atoms with Crippen LogP contribution in [0.25, 0.3) is 0 Å². The van der Waals surface area contributed by atoms with Gasteiger partial charge in [0.2, 0.25) is 0 Å². The molecule has 0 bridgehead atoms. The molecule has 2 heteroatoms. The van der Waals surface area contributed by atoms with E-state index < -0.39 is 0 Å². The van der Waals surface area contributed by atoms with Crippen molar-refractivity contribution in [2.24, 2.45) is 0 Å². The Balaban J connectivity index is 1.98. The molecule has 0 aromatic heterocycles. The largest absolute Gasteiger partial charge is 0.494 e. The Kier molecular flexibility index (Phi) is 3.08. The van der Waals surface area contributed by atoms with Crippen LogP contribution in [0.5, 0.6) is 5.75 Å². The van der Waals surface area contributed by atoms with Gasteiger partial charge in [0, 0.05) is 11.1 Å². The summed E-state index contributed by atoms with van der Waals surface area (Å²) in [4.78, 5) is 12.4. The van der Waals surface area contributed by atoms with Crippen LogP contribution in [0.3, 0.4) is 0 Å². The normalized spacial score (nSPS) is 12.8. The van der Waals surface area contributed by atoms with Gasteiger partial charge in [0.15, 0.2) is 5.78 Å². The van der Waals surface area contributed by atoms with E-state index in [2.05, 4.69) is 6.92 Å². The predicted molar refractivity (Wildman–Crippen MR) is 74.9 cm³/mol. The van der Waals surface area contributed by atoms with Gasteiger partial charge in [-0.15, -0.1) is 0 Å². The van der Waals surface area contributed by atoms with E-state index in [-0.39, 0.29) is 5.78 Å². The molecule has 1 aliphatic carbocycles. The third-order valence-corrected chi connectivity index (χ3v) is 3.44. The summed E-state index contributed by atoms with van der Waals surface area (Å²) in [7, 11) is 0. The Labute approximate surface area is 113 Å². The van der Waals surface area contributed by atoms with Gasteiger partial charge in [-0.1, -0.05) is 31.2 Å². The second-order valence-corrected chi connectivity index (χ2v) is 4.83. The quantitative estimate of drug-likeness (QED) is 0.711. The van der Waals surface area contributed by atoms with Crippen molar-refractivity contribution in [1.29, 1.82) is 0 Å². The number of fused-ring (bicyclic) bond motifs is 2. The molecule has 0 fully saturated rings. The highest BCUT2D eigenvalue weighted by atomic mass is 16.5. The van der Waals surface area contributed by atoms with E-state index in [1.165, 1.54) is 0 Å². The molecule has 19 heavy (non-hydrogen) atoms. The molecule has 2 nitrogen and oxygen atoms in total. The summed E-state index contributed by atoms with van der Waals surface area (Å²) >= 11 is 0. The van der Waals surface area contributed by atoms with Crippen LogP contribution < -0.4 is 4.74 Å². The minimum Gasteiger partial charge on any atom is -0.494 e. The lowest BCUT2D eigenvalue weighted by Crippen LogP contribution is -2.15. The van der Waals surface area contributed by atoms with Crippen LogP contribution in [0, 0.1) is 0 Å². The first-order valence-corrected chi connectivity index (χ1v) is 6.68. The average Bonchev–Trinajstić information content (AvgIpc) is 2.45. The Morgan fingerprint density at radius 3 is 2.68 bits per heavy atom. The fourth-order valence-corrected chi connectivity index (χ4v) is 2.49. The average molecular weight is 252 g/mol. The molecule has 0 N–H and O–H groups in total. The van der Waals surface area contributed by atoms with E-state index >= 15 is 0 Å². The number of hydrogen-bond donors (Lipinski definition) is 0. The van der Waals surface area contributed by atoms with Crippen molar-refractivity contribution < 1.29 is 9.53 Å². The number of ether oxygens (including phenoxy) is 1. The minimum absolute atomic E-state index is 0.124. The summed E-state index contributed by atoms with van der Waals surface area (Å²) in [6, 6.07) is 13.6. The zero-order chi connectivity index (χ0) is 13.2. The van der Waals surface area contributed by atoms with Gasteiger partial charge in [-0.05, 0) is 42.2 Å². The maximum atomic E-state index is 12.4. The minimum atomic E-state index is 0.124. The van der Waals surface area contributed by atoms with Gasteiger partial charge in [-0.25, -0.2) is 0 Å². The summed E-state index contributed by atoms with van der Waals surface area (Å²) in [5.41, 5.74) is 3.81. The molecule has 2 aromatic rings. The Morgan fingerprint density at radius 2 is 1.84 bits per heavy atom. The molecule has 1 aliphatic rings. The number of ketones is 1. The zero-order valence-corrected chi connectivity index (χ0v) is 11.0. The highest BCUT2D eigenvalue weighted by Gasteiger charge is 2.22. The SMILES string of the molecule is CCCOc1ccc2c(c1)Cc1ccccc1C2=O. The Morgan fingerprint density at radius 1 is 1.05 bits per heavy atom. The highest BCUT2D eigenvalue weighted by Crippen LogP contribution is 2.29.